The monoisotopic (exact) mass is 478 g/mol. The molecule has 0 aliphatic rings. The highest BCUT2D eigenvalue weighted by Gasteiger charge is 2.25. The van der Waals surface area contributed by atoms with Gasteiger partial charge in [-0.2, -0.15) is 5.10 Å². The Balaban J connectivity index is 1.72. The molecule has 184 valence electrons. The summed E-state index contributed by atoms with van der Waals surface area (Å²) < 4.78 is 6.32. The van der Waals surface area contributed by atoms with Crippen molar-refractivity contribution in [1.29, 1.82) is 0 Å². The SMILES string of the molecule is CC[C@@H](C)N(CC(=O)Nc1cccc(C)c1C)C(=O)COC(=O)c1nn(C)c(=O)c2ccccc12. The van der Waals surface area contributed by atoms with Crippen molar-refractivity contribution in [2.45, 2.75) is 40.2 Å². The van der Waals surface area contributed by atoms with Crippen LogP contribution in [-0.2, 0) is 21.4 Å². The fourth-order valence-electron chi connectivity index (χ4n) is 3.67. The van der Waals surface area contributed by atoms with Crippen molar-refractivity contribution in [1.82, 2.24) is 14.7 Å². The summed E-state index contributed by atoms with van der Waals surface area (Å²) in [5, 5.41) is 7.55. The second-order valence-electron chi connectivity index (χ2n) is 8.47. The second-order valence-corrected chi connectivity index (χ2v) is 8.47. The summed E-state index contributed by atoms with van der Waals surface area (Å²) in [6, 6.07) is 11.9. The van der Waals surface area contributed by atoms with Gasteiger partial charge in [-0.05, 0) is 50.5 Å². The number of fused-ring (bicyclic) bond motifs is 1. The van der Waals surface area contributed by atoms with Crippen LogP contribution in [0.2, 0.25) is 0 Å². The average molecular weight is 479 g/mol. The molecule has 0 saturated carbocycles. The Labute approximate surface area is 203 Å². The molecule has 2 amide bonds. The van der Waals surface area contributed by atoms with E-state index in [0.29, 0.717) is 22.9 Å². The fraction of sp³-hybridized carbons (Fsp3) is 0.346. The van der Waals surface area contributed by atoms with Crippen LogP contribution in [0.5, 0.6) is 0 Å². The second kappa shape index (κ2) is 10.9. The van der Waals surface area contributed by atoms with Crippen LogP contribution in [0.4, 0.5) is 5.69 Å². The van der Waals surface area contributed by atoms with Crippen molar-refractivity contribution in [3.8, 4) is 0 Å². The number of nitrogens with zero attached hydrogens (tertiary/aromatic N) is 3. The zero-order valence-electron chi connectivity index (χ0n) is 20.6. The molecule has 1 N–H and O–H groups in total. The molecular weight excluding hydrogens is 448 g/mol. The largest absolute Gasteiger partial charge is 0.451 e. The molecule has 0 bridgehead atoms. The number of benzene rings is 2. The highest BCUT2D eigenvalue weighted by Crippen LogP contribution is 2.18. The van der Waals surface area contributed by atoms with E-state index in [1.807, 2.05) is 45.9 Å². The molecule has 1 heterocycles. The Kier molecular flexibility index (Phi) is 8.01. The number of hydrogen-bond donors (Lipinski definition) is 1. The molecule has 1 atom stereocenters. The van der Waals surface area contributed by atoms with E-state index in [2.05, 4.69) is 10.4 Å². The molecule has 2 aromatic carbocycles. The Morgan fingerprint density at radius 1 is 1.09 bits per heavy atom. The summed E-state index contributed by atoms with van der Waals surface area (Å²) in [7, 11) is 1.44. The molecule has 3 aromatic rings. The van der Waals surface area contributed by atoms with Crippen LogP contribution in [0.15, 0.2) is 47.3 Å². The molecule has 0 radical (unpaired) electrons. The molecule has 1 aromatic heterocycles. The van der Waals surface area contributed by atoms with Gasteiger partial charge in [-0.15, -0.1) is 0 Å². The van der Waals surface area contributed by atoms with Crippen molar-refractivity contribution in [3.05, 3.63) is 69.6 Å². The third kappa shape index (κ3) is 5.74. The first-order chi connectivity index (χ1) is 16.6. The molecule has 35 heavy (non-hydrogen) atoms. The van der Waals surface area contributed by atoms with Crippen LogP contribution in [0.3, 0.4) is 0 Å². The van der Waals surface area contributed by atoms with Gasteiger partial charge in [0.15, 0.2) is 12.3 Å². The predicted octanol–water partition coefficient (Wildman–Crippen LogP) is 2.97. The summed E-state index contributed by atoms with van der Waals surface area (Å²) in [6.07, 6.45) is 0.615. The standard InChI is InChI=1S/C26H30N4O5/c1-6-17(3)30(14-22(31)27-21-13-9-10-16(2)18(21)4)23(32)15-35-26(34)24-19-11-7-8-12-20(19)25(33)29(5)28-24/h7-13,17H,6,14-15H2,1-5H3,(H,27,31)/t17-/m1/s1. The van der Waals surface area contributed by atoms with E-state index in [1.54, 1.807) is 24.3 Å². The van der Waals surface area contributed by atoms with Gasteiger partial charge < -0.3 is 15.0 Å². The molecule has 0 aliphatic heterocycles. The lowest BCUT2D eigenvalue weighted by Crippen LogP contribution is -2.45. The maximum absolute atomic E-state index is 13.0. The molecular formula is C26H30N4O5. The predicted molar refractivity (Wildman–Crippen MR) is 133 cm³/mol. The maximum atomic E-state index is 13.0. The van der Waals surface area contributed by atoms with Gasteiger partial charge >= 0.3 is 5.97 Å². The van der Waals surface area contributed by atoms with Gasteiger partial charge in [-0.25, -0.2) is 9.48 Å². The fourth-order valence-corrected chi connectivity index (χ4v) is 3.67. The zero-order chi connectivity index (χ0) is 25.7. The van der Waals surface area contributed by atoms with Crippen LogP contribution in [0.1, 0.15) is 41.9 Å². The number of carbonyl (C=O) groups is 3. The Hall–Kier alpha value is -4.01. The van der Waals surface area contributed by atoms with Crippen molar-refractivity contribution in [2.75, 3.05) is 18.5 Å². The highest BCUT2D eigenvalue weighted by molar-refractivity contribution is 6.02. The highest BCUT2D eigenvalue weighted by atomic mass is 16.5. The van der Waals surface area contributed by atoms with Crippen LogP contribution in [0, 0.1) is 13.8 Å². The van der Waals surface area contributed by atoms with Gasteiger partial charge in [-0.1, -0.05) is 37.3 Å². The minimum atomic E-state index is -0.825. The van der Waals surface area contributed by atoms with Gasteiger partial charge in [-0.3, -0.25) is 14.4 Å². The molecule has 3 rings (SSSR count). The number of rotatable bonds is 8. The first kappa shape index (κ1) is 25.6. The van der Waals surface area contributed by atoms with E-state index in [0.717, 1.165) is 15.8 Å². The van der Waals surface area contributed by atoms with E-state index in [9.17, 15) is 19.2 Å². The number of hydrogen-bond acceptors (Lipinski definition) is 6. The van der Waals surface area contributed by atoms with E-state index in [4.69, 9.17) is 4.74 Å². The van der Waals surface area contributed by atoms with E-state index in [-0.39, 0.29) is 29.7 Å². The quantitative estimate of drug-likeness (QED) is 0.499. The lowest BCUT2D eigenvalue weighted by atomic mass is 10.1. The van der Waals surface area contributed by atoms with E-state index < -0.39 is 18.5 Å². The molecule has 9 nitrogen and oxygen atoms in total. The summed E-state index contributed by atoms with van der Waals surface area (Å²) in [5.41, 5.74) is 2.28. The smallest absolute Gasteiger partial charge is 0.359 e. The number of amides is 2. The number of nitrogens with one attached hydrogen (secondary N) is 1. The number of ether oxygens (including phenoxy) is 1. The Morgan fingerprint density at radius 3 is 2.46 bits per heavy atom. The lowest BCUT2D eigenvalue weighted by Gasteiger charge is -2.28. The third-order valence-electron chi connectivity index (χ3n) is 6.11. The molecule has 0 unspecified atom stereocenters. The van der Waals surface area contributed by atoms with Crippen molar-refractivity contribution < 1.29 is 19.1 Å². The number of carbonyl (C=O) groups excluding carboxylic acids is 3. The van der Waals surface area contributed by atoms with E-state index in [1.165, 1.54) is 11.9 Å². The summed E-state index contributed by atoms with van der Waals surface area (Å²) in [4.78, 5) is 52.1. The third-order valence-corrected chi connectivity index (χ3v) is 6.11. The van der Waals surface area contributed by atoms with Gasteiger partial charge in [0.2, 0.25) is 5.91 Å². The summed E-state index contributed by atoms with van der Waals surface area (Å²) in [5.74, 6) is -1.67. The zero-order valence-corrected chi connectivity index (χ0v) is 20.6. The van der Waals surface area contributed by atoms with Gasteiger partial charge in [0.25, 0.3) is 11.5 Å². The molecule has 9 heteroatoms. The topological polar surface area (TPSA) is 111 Å². The molecule has 0 saturated heterocycles. The summed E-state index contributed by atoms with van der Waals surface area (Å²) in [6.45, 7) is 6.86. The average Bonchev–Trinajstić information content (AvgIpc) is 2.85. The van der Waals surface area contributed by atoms with Crippen molar-refractivity contribution in [2.24, 2.45) is 7.05 Å². The van der Waals surface area contributed by atoms with Gasteiger partial charge in [0, 0.05) is 24.2 Å². The summed E-state index contributed by atoms with van der Waals surface area (Å²) >= 11 is 0. The number of aromatic nitrogens is 2. The normalized spacial score (nSPS) is 11.7. The maximum Gasteiger partial charge on any atom is 0.359 e. The van der Waals surface area contributed by atoms with Crippen LogP contribution < -0.4 is 10.9 Å². The van der Waals surface area contributed by atoms with Gasteiger partial charge in [0.05, 0.1) is 5.39 Å². The first-order valence-corrected chi connectivity index (χ1v) is 11.4. The molecule has 0 fully saturated rings. The molecule has 0 spiro atoms. The number of anilines is 1. The minimum Gasteiger partial charge on any atom is -0.451 e. The van der Waals surface area contributed by atoms with Crippen LogP contribution in [-0.4, -0.2) is 51.7 Å². The van der Waals surface area contributed by atoms with Crippen LogP contribution in [0.25, 0.3) is 10.8 Å². The Bertz CT molecular complexity index is 1330. The van der Waals surface area contributed by atoms with Crippen molar-refractivity contribution in [3.63, 3.8) is 0 Å². The van der Waals surface area contributed by atoms with Gasteiger partial charge in [0.1, 0.15) is 6.54 Å². The van der Waals surface area contributed by atoms with Crippen molar-refractivity contribution >= 4 is 34.2 Å². The number of esters is 1. The lowest BCUT2D eigenvalue weighted by molar-refractivity contribution is -0.139. The number of aryl methyl sites for hydroxylation is 2. The first-order valence-electron chi connectivity index (χ1n) is 11.4. The molecule has 0 aliphatic carbocycles. The van der Waals surface area contributed by atoms with E-state index >= 15 is 0 Å². The van der Waals surface area contributed by atoms with Crippen LogP contribution >= 0.6 is 0 Å². The Morgan fingerprint density at radius 2 is 1.77 bits per heavy atom. The minimum absolute atomic E-state index is 0.0572.